The maximum atomic E-state index is 10.2. The van der Waals surface area contributed by atoms with Crippen molar-refractivity contribution in [1.29, 1.82) is 0 Å². The molecule has 1 saturated heterocycles. The summed E-state index contributed by atoms with van der Waals surface area (Å²) >= 11 is 0. The van der Waals surface area contributed by atoms with Crippen LogP contribution >= 0.6 is 0 Å². The quantitative estimate of drug-likeness (QED) is 0.716. The molecule has 2 N–H and O–H groups in total. The van der Waals surface area contributed by atoms with Gasteiger partial charge >= 0.3 is 18.5 Å². The molecule has 0 atom stereocenters. The van der Waals surface area contributed by atoms with Crippen LogP contribution in [-0.2, 0) is 18.9 Å². The normalized spacial score (nSPS) is 11.6. The zero-order valence-corrected chi connectivity index (χ0v) is 10.1. The molecule has 0 spiro atoms. The van der Waals surface area contributed by atoms with Crippen LogP contribution in [0, 0.1) is 0 Å². The lowest BCUT2D eigenvalue weighted by atomic mass is 10.8. The molecule has 0 aromatic carbocycles. The van der Waals surface area contributed by atoms with Crippen LogP contribution < -0.4 is 0 Å². The van der Waals surface area contributed by atoms with E-state index < -0.39 is 18.5 Å². The average molecular weight is 268 g/mol. The van der Waals surface area contributed by atoms with Crippen LogP contribution in [0.15, 0.2) is 0 Å². The van der Waals surface area contributed by atoms with Gasteiger partial charge in [0.15, 0.2) is 0 Å². The molecule has 0 aliphatic carbocycles. The third kappa shape index (κ3) is 19.4. The van der Waals surface area contributed by atoms with Gasteiger partial charge in [-0.3, -0.25) is 0 Å². The molecule has 1 heterocycles. The van der Waals surface area contributed by atoms with Crippen molar-refractivity contribution in [2.75, 3.05) is 26.4 Å². The monoisotopic (exact) mass is 268 g/mol. The summed E-state index contributed by atoms with van der Waals surface area (Å²) in [6.07, 6.45) is -2.97. The van der Waals surface area contributed by atoms with Gasteiger partial charge in [-0.25, -0.2) is 14.4 Å². The molecule has 18 heavy (non-hydrogen) atoms. The maximum Gasteiger partial charge on any atom is 0.508 e. The zero-order valence-electron chi connectivity index (χ0n) is 10.1. The predicted molar refractivity (Wildman–Crippen MR) is 56.6 cm³/mol. The molecule has 1 aliphatic heterocycles. The summed E-state index contributed by atoms with van der Waals surface area (Å²) in [7, 11) is 0. The average Bonchev–Trinajstić information content (AvgIpc) is 2.70. The lowest BCUT2D eigenvalue weighted by Crippen LogP contribution is -2.05. The lowest BCUT2D eigenvalue weighted by molar-refractivity contribution is 0.0630. The summed E-state index contributed by atoms with van der Waals surface area (Å²) in [5.41, 5.74) is 0. The largest absolute Gasteiger partial charge is 0.508 e. The van der Waals surface area contributed by atoms with Crippen molar-refractivity contribution in [1.82, 2.24) is 0 Å². The molecule has 1 aliphatic rings. The van der Waals surface area contributed by atoms with E-state index in [1.165, 1.54) is 0 Å². The molecule has 1 fully saturated rings. The van der Waals surface area contributed by atoms with E-state index in [2.05, 4.69) is 18.9 Å². The number of carbonyl (C=O) groups excluding carboxylic acids is 2. The van der Waals surface area contributed by atoms with Crippen LogP contribution in [0.5, 0.6) is 0 Å². The van der Waals surface area contributed by atoms with E-state index in [0.29, 0.717) is 26.4 Å². The van der Waals surface area contributed by atoms with Crippen molar-refractivity contribution in [3.8, 4) is 0 Å². The highest BCUT2D eigenvalue weighted by atomic mass is 16.8. The van der Waals surface area contributed by atoms with E-state index in [4.69, 9.17) is 15.0 Å². The van der Waals surface area contributed by atoms with Gasteiger partial charge in [-0.05, 0) is 13.8 Å². The van der Waals surface area contributed by atoms with Crippen LogP contribution in [0.3, 0.4) is 0 Å². The number of ether oxygens (including phenoxy) is 4. The Morgan fingerprint density at radius 3 is 1.61 bits per heavy atom. The zero-order chi connectivity index (χ0) is 14.4. The van der Waals surface area contributed by atoms with E-state index in [1.54, 1.807) is 13.8 Å². The second-order valence-electron chi connectivity index (χ2n) is 2.35. The first-order valence-electron chi connectivity index (χ1n) is 4.94. The van der Waals surface area contributed by atoms with Gasteiger partial charge in [-0.15, -0.1) is 0 Å². The molecule has 106 valence electrons. The van der Waals surface area contributed by atoms with Gasteiger partial charge < -0.3 is 29.2 Å². The maximum absolute atomic E-state index is 10.2. The molecule has 9 nitrogen and oxygen atoms in total. The van der Waals surface area contributed by atoms with E-state index in [1.807, 2.05) is 0 Å². The summed E-state index contributed by atoms with van der Waals surface area (Å²) in [5.74, 6) is 0. The topological polar surface area (TPSA) is 129 Å². The highest BCUT2D eigenvalue weighted by molar-refractivity contribution is 5.61. The van der Waals surface area contributed by atoms with Crippen LogP contribution in [0.2, 0.25) is 0 Å². The van der Waals surface area contributed by atoms with Crippen molar-refractivity contribution in [3.63, 3.8) is 0 Å². The van der Waals surface area contributed by atoms with Gasteiger partial charge in [0.2, 0.25) is 0 Å². The van der Waals surface area contributed by atoms with Gasteiger partial charge in [-0.1, -0.05) is 0 Å². The molecule has 0 radical (unpaired) electrons. The highest BCUT2D eigenvalue weighted by Crippen LogP contribution is 1.92. The number of rotatable bonds is 2. The van der Waals surface area contributed by atoms with Crippen molar-refractivity contribution in [2.24, 2.45) is 0 Å². The Morgan fingerprint density at radius 1 is 1.11 bits per heavy atom. The Kier molecular flexibility index (Phi) is 13.0. The number of carbonyl (C=O) groups is 3. The van der Waals surface area contributed by atoms with Crippen molar-refractivity contribution in [2.45, 2.75) is 13.8 Å². The first kappa shape index (κ1) is 18.2. The molecule has 0 aromatic heterocycles. The summed E-state index contributed by atoms with van der Waals surface area (Å²) in [5, 5.41) is 13.9. The number of cyclic esters (lactones) is 2. The van der Waals surface area contributed by atoms with E-state index in [0.717, 1.165) is 0 Å². The Hall–Kier alpha value is -2.19. The summed E-state index contributed by atoms with van der Waals surface area (Å²) in [6.45, 7) is 5.04. The molecule has 9 heteroatoms. The lowest BCUT2D eigenvalue weighted by Gasteiger charge is -1.98. The van der Waals surface area contributed by atoms with E-state index in [9.17, 15) is 9.59 Å². The minimum atomic E-state index is -1.83. The molecule has 0 amide bonds. The number of hydrogen-bond donors (Lipinski definition) is 2. The standard InChI is InChI=1S/C5H10O3.C3H4O3.CH2O3/c1-3-7-5(6)8-4-2;4-3-5-1-2-6-3;2-1(3)4/h3-4H2,1-2H3;1-2H2;(H2,2,3,4). The van der Waals surface area contributed by atoms with Gasteiger partial charge in [0.25, 0.3) is 0 Å². The van der Waals surface area contributed by atoms with Crippen LogP contribution in [0.4, 0.5) is 14.4 Å². The molecule has 0 unspecified atom stereocenters. The van der Waals surface area contributed by atoms with E-state index in [-0.39, 0.29) is 0 Å². The molecule has 0 saturated carbocycles. The van der Waals surface area contributed by atoms with Gasteiger partial charge in [-0.2, -0.15) is 0 Å². The third-order valence-corrected chi connectivity index (χ3v) is 1.05. The Balaban J connectivity index is 0. The van der Waals surface area contributed by atoms with Crippen LogP contribution in [0.1, 0.15) is 13.8 Å². The molecular formula is C9H16O9. The van der Waals surface area contributed by atoms with E-state index >= 15 is 0 Å². The minimum absolute atomic E-state index is 0.374. The van der Waals surface area contributed by atoms with Crippen LogP contribution in [-0.4, -0.2) is 55.1 Å². The van der Waals surface area contributed by atoms with Gasteiger partial charge in [0, 0.05) is 0 Å². The second-order valence-corrected chi connectivity index (χ2v) is 2.35. The Morgan fingerprint density at radius 2 is 1.44 bits per heavy atom. The molecule has 1 rings (SSSR count). The van der Waals surface area contributed by atoms with Crippen molar-refractivity contribution in [3.05, 3.63) is 0 Å². The Bertz CT molecular complexity index is 230. The summed E-state index contributed by atoms with van der Waals surface area (Å²) in [6, 6.07) is 0. The summed E-state index contributed by atoms with van der Waals surface area (Å²) < 4.78 is 17.4. The highest BCUT2D eigenvalue weighted by Gasteiger charge is 2.09. The first-order valence-corrected chi connectivity index (χ1v) is 4.94. The summed E-state index contributed by atoms with van der Waals surface area (Å²) in [4.78, 5) is 28.6. The predicted octanol–water partition coefficient (Wildman–Crippen LogP) is 1.56. The van der Waals surface area contributed by atoms with Crippen molar-refractivity contribution < 1.29 is 43.5 Å². The molecule has 0 aromatic rings. The fourth-order valence-electron chi connectivity index (χ4n) is 0.569. The third-order valence-electron chi connectivity index (χ3n) is 1.05. The van der Waals surface area contributed by atoms with Gasteiger partial charge in [0.1, 0.15) is 13.2 Å². The van der Waals surface area contributed by atoms with Crippen LogP contribution in [0.25, 0.3) is 0 Å². The number of carboxylic acid groups (broad SMARTS) is 2. The Labute approximate surface area is 103 Å². The fourth-order valence-corrected chi connectivity index (χ4v) is 0.569. The number of hydrogen-bond acceptors (Lipinski definition) is 7. The minimum Gasteiger partial charge on any atom is -0.450 e. The second kappa shape index (κ2) is 12.9. The fraction of sp³-hybridized carbons (Fsp3) is 0.667. The molecule has 0 bridgehead atoms. The SMILES string of the molecule is CCOC(=O)OCC.O=C(O)O.O=C1OCCO1. The van der Waals surface area contributed by atoms with Crippen molar-refractivity contribution >= 4 is 18.5 Å². The molecular weight excluding hydrogens is 252 g/mol. The smallest absolute Gasteiger partial charge is 0.450 e. The first-order chi connectivity index (χ1) is 8.43. The van der Waals surface area contributed by atoms with Gasteiger partial charge in [0.05, 0.1) is 13.2 Å².